The van der Waals surface area contributed by atoms with Crippen molar-refractivity contribution in [2.75, 3.05) is 19.5 Å². The topological polar surface area (TPSA) is 60.5 Å². The molecule has 1 N–H and O–H groups in total. The average molecular weight is 427 g/mol. The molecular weight excluding hydrogens is 414 g/mol. The highest BCUT2D eigenvalue weighted by Crippen LogP contribution is 2.35. The molecule has 3 rings (SSSR count). The van der Waals surface area contributed by atoms with Gasteiger partial charge in [-0.2, -0.15) is 0 Å². The van der Waals surface area contributed by atoms with Crippen molar-refractivity contribution < 1.29 is 18.7 Å². The maximum absolute atomic E-state index is 13.6. The maximum atomic E-state index is 13.6. The molecule has 0 aliphatic carbocycles. The second-order valence-corrected chi connectivity index (χ2v) is 6.98. The molecule has 0 spiro atoms. The first-order valence-corrected chi connectivity index (χ1v) is 9.20. The average Bonchev–Trinajstić information content (AvgIpc) is 3.12. The molecule has 0 saturated heterocycles. The van der Waals surface area contributed by atoms with Crippen molar-refractivity contribution >= 4 is 45.6 Å². The Bertz CT molecular complexity index is 1010. The van der Waals surface area contributed by atoms with Crippen molar-refractivity contribution in [2.24, 2.45) is 0 Å². The summed E-state index contributed by atoms with van der Waals surface area (Å²) in [6.45, 7) is 0. The number of rotatable bonds is 5. The van der Waals surface area contributed by atoms with E-state index in [1.165, 1.54) is 17.4 Å². The van der Waals surface area contributed by atoms with Crippen LogP contribution in [0.4, 0.5) is 9.52 Å². The smallest absolute Gasteiger partial charge is 0.259 e. The van der Waals surface area contributed by atoms with Gasteiger partial charge >= 0.3 is 0 Å². The Hall–Kier alpha value is -2.35. The zero-order valence-corrected chi connectivity index (χ0v) is 16.5. The van der Waals surface area contributed by atoms with Gasteiger partial charge in [0.15, 0.2) is 5.13 Å². The number of ether oxygens (including phenoxy) is 2. The molecule has 1 heterocycles. The van der Waals surface area contributed by atoms with Crippen LogP contribution in [0.3, 0.4) is 0 Å². The predicted octanol–water partition coefficient (Wildman–Crippen LogP) is 5.53. The third kappa shape index (κ3) is 4.16. The molecule has 0 saturated carbocycles. The fourth-order valence-electron chi connectivity index (χ4n) is 2.33. The first-order valence-electron chi connectivity index (χ1n) is 7.56. The molecule has 2 aromatic carbocycles. The van der Waals surface area contributed by atoms with E-state index < -0.39 is 11.7 Å². The van der Waals surface area contributed by atoms with Gasteiger partial charge in [0.05, 0.1) is 35.5 Å². The Labute approximate surface area is 168 Å². The van der Waals surface area contributed by atoms with Crippen molar-refractivity contribution in [3.8, 4) is 22.8 Å². The van der Waals surface area contributed by atoms with Crippen molar-refractivity contribution in [3.63, 3.8) is 0 Å². The Morgan fingerprint density at radius 3 is 2.63 bits per heavy atom. The Balaban J connectivity index is 1.87. The van der Waals surface area contributed by atoms with Crippen LogP contribution < -0.4 is 14.8 Å². The Morgan fingerprint density at radius 1 is 1.15 bits per heavy atom. The van der Waals surface area contributed by atoms with Crippen molar-refractivity contribution in [2.45, 2.75) is 0 Å². The van der Waals surface area contributed by atoms with E-state index in [1.807, 2.05) is 0 Å². The van der Waals surface area contributed by atoms with Gasteiger partial charge in [0.1, 0.15) is 17.3 Å². The van der Waals surface area contributed by atoms with E-state index in [1.54, 1.807) is 37.8 Å². The van der Waals surface area contributed by atoms with E-state index in [0.717, 1.165) is 6.07 Å². The number of carbonyl (C=O) groups excluding carboxylic acids is 1. The minimum Gasteiger partial charge on any atom is -0.497 e. The summed E-state index contributed by atoms with van der Waals surface area (Å²) in [5, 5.41) is 4.58. The van der Waals surface area contributed by atoms with Crippen LogP contribution in [0.2, 0.25) is 10.0 Å². The van der Waals surface area contributed by atoms with E-state index in [0.29, 0.717) is 27.9 Å². The number of thiazole rings is 1. The molecule has 5 nitrogen and oxygen atoms in total. The zero-order chi connectivity index (χ0) is 19.6. The van der Waals surface area contributed by atoms with Crippen LogP contribution in [0.5, 0.6) is 11.5 Å². The molecule has 0 aliphatic heterocycles. The highest BCUT2D eigenvalue weighted by molar-refractivity contribution is 7.14. The van der Waals surface area contributed by atoms with Gasteiger partial charge in [0.2, 0.25) is 0 Å². The summed E-state index contributed by atoms with van der Waals surface area (Å²) in [6, 6.07) is 7.49. The fourth-order valence-corrected chi connectivity index (χ4v) is 3.50. The maximum Gasteiger partial charge on any atom is 0.259 e. The van der Waals surface area contributed by atoms with Gasteiger partial charge in [0, 0.05) is 10.9 Å². The van der Waals surface area contributed by atoms with Crippen molar-refractivity contribution in [1.82, 2.24) is 4.98 Å². The monoisotopic (exact) mass is 426 g/mol. The second-order valence-electron chi connectivity index (χ2n) is 5.30. The summed E-state index contributed by atoms with van der Waals surface area (Å²) in [6.07, 6.45) is 0. The highest BCUT2D eigenvalue weighted by Gasteiger charge is 2.17. The van der Waals surface area contributed by atoms with Crippen molar-refractivity contribution in [3.05, 3.63) is 57.1 Å². The van der Waals surface area contributed by atoms with Gasteiger partial charge in [0.25, 0.3) is 5.91 Å². The van der Waals surface area contributed by atoms with E-state index in [4.69, 9.17) is 32.7 Å². The number of aromatic nitrogens is 1. The number of benzene rings is 2. The SMILES string of the molecule is COc1ccc(OC)c(-c2csc(NC(=O)c3cc(F)c(Cl)cc3Cl)n2)c1. The van der Waals surface area contributed by atoms with Gasteiger partial charge in [-0.1, -0.05) is 23.2 Å². The molecule has 0 fully saturated rings. The number of hydrogen-bond acceptors (Lipinski definition) is 5. The van der Waals surface area contributed by atoms with Gasteiger partial charge in [-0.25, -0.2) is 9.37 Å². The number of methoxy groups -OCH3 is 2. The third-order valence-electron chi connectivity index (χ3n) is 3.66. The number of nitrogens with one attached hydrogen (secondary N) is 1. The predicted molar refractivity (Wildman–Crippen MR) is 105 cm³/mol. The molecular formula is C18H13Cl2FN2O3S. The number of hydrogen-bond donors (Lipinski definition) is 1. The minimum atomic E-state index is -0.729. The van der Waals surface area contributed by atoms with Gasteiger partial charge < -0.3 is 9.47 Å². The van der Waals surface area contributed by atoms with Crippen LogP contribution in [0.15, 0.2) is 35.7 Å². The van der Waals surface area contributed by atoms with E-state index >= 15 is 0 Å². The van der Waals surface area contributed by atoms with E-state index in [2.05, 4.69) is 10.3 Å². The first-order chi connectivity index (χ1) is 12.9. The van der Waals surface area contributed by atoms with Crippen LogP contribution in [0.25, 0.3) is 11.3 Å². The summed E-state index contributed by atoms with van der Waals surface area (Å²) in [5.41, 5.74) is 1.28. The lowest BCUT2D eigenvalue weighted by Crippen LogP contribution is -2.12. The third-order valence-corrected chi connectivity index (χ3v) is 5.02. The number of amides is 1. The molecule has 1 aromatic heterocycles. The van der Waals surface area contributed by atoms with Crippen LogP contribution in [0.1, 0.15) is 10.4 Å². The summed E-state index contributed by atoms with van der Waals surface area (Å²) in [7, 11) is 3.12. The molecule has 9 heteroatoms. The number of carbonyl (C=O) groups is 1. The Morgan fingerprint density at radius 2 is 1.93 bits per heavy atom. The lowest BCUT2D eigenvalue weighted by molar-refractivity contribution is 0.102. The molecule has 1 amide bonds. The molecule has 0 aliphatic rings. The quantitative estimate of drug-likeness (QED) is 0.545. The van der Waals surface area contributed by atoms with Crippen molar-refractivity contribution in [1.29, 1.82) is 0 Å². The first kappa shape index (κ1) is 19.4. The van der Waals surface area contributed by atoms with Gasteiger partial charge in [-0.3, -0.25) is 10.1 Å². The zero-order valence-electron chi connectivity index (χ0n) is 14.2. The van der Waals surface area contributed by atoms with Crippen LogP contribution in [-0.4, -0.2) is 25.1 Å². The fraction of sp³-hybridized carbons (Fsp3) is 0.111. The Kier molecular flexibility index (Phi) is 5.84. The molecule has 0 unspecified atom stereocenters. The van der Waals surface area contributed by atoms with Gasteiger partial charge in [-0.15, -0.1) is 11.3 Å². The molecule has 3 aromatic rings. The summed E-state index contributed by atoms with van der Waals surface area (Å²) in [5.74, 6) is -0.0594. The second kappa shape index (κ2) is 8.12. The van der Waals surface area contributed by atoms with Crippen LogP contribution in [-0.2, 0) is 0 Å². The number of anilines is 1. The standard InChI is InChI=1S/C18H13Cl2FN2O3S/c1-25-9-3-4-16(26-2)11(5-9)15-8-27-18(22-15)23-17(24)10-6-14(21)13(20)7-12(10)19/h3-8H,1-2H3,(H,22,23,24). The van der Waals surface area contributed by atoms with E-state index in [-0.39, 0.29) is 15.6 Å². The lowest BCUT2D eigenvalue weighted by atomic mass is 10.1. The van der Waals surface area contributed by atoms with Crippen LogP contribution >= 0.6 is 34.5 Å². The summed E-state index contributed by atoms with van der Waals surface area (Å²) in [4.78, 5) is 16.8. The minimum absolute atomic E-state index is 0.0331. The van der Waals surface area contributed by atoms with E-state index in [9.17, 15) is 9.18 Å². The molecule has 0 bridgehead atoms. The normalized spacial score (nSPS) is 10.6. The molecule has 0 atom stereocenters. The molecule has 27 heavy (non-hydrogen) atoms. The summed E-state index contributed by atoms with van der Waals surface area (Å²) >= 11 is 12.8. The highest BCUT2D eigenvalue weighted by atomic mass is 35.5. The van der Waals surface area contributed by atoms with Crippen LogP contribution in [0, 0.1) is 5.82 Å². The number of halogens is 3. The number of nitrogens with zero attached hydrogens (tertiary/aromatic N) is 1. The molecule has 140 valence electrons. The summed E-state index contributed by atoms with van der Waals surface area (Å²) < 4.78 is 24.2. The largest absolute Gasteiger partial charge is 0.497 e. The molecule has 0 radical (unpaired) electrons. The lowest BCUT2D eigenvalue weighted by Gasteiger charge is -2.08. The van der Waals surface area contributed by atoms with Gasteiger partial charge in [-0.05, 0) is 30.3 Å².